The third-order valence-electron chi connectivity index (χ3n) is 5.21. The van der Waals surface area contributed by atoms with Crippen LogP contribution in [0.3, 0.4) is 0 Å². The van der Waals surface area contributed by atoms with E-state index in [4.69, 9.17) is 9.63 Å². The van der Waals surface area contributed by atoms with Gasteiger partial charge >= 0.3 is 6.09 Å². The number of carbonyl (C=O) groups is 1. The lowest BCUT2D eigenvalue weighted by atomic mass is 10.0. The Bertz CT molecular complexity index is 712. The third kappa shape index (κ3) is 8.67. The molecule has 0 aliphatic heterocycles. The molecule has 0 radical (unpaired) electrons. The second-order valence-corrected chi connectivity index (χ2v) is 7.74. The number of amides is 1. The molecule has 0 aliphatic rings. The highest BCUT2D eigenvalue weighted by Crippen LogP contribution is 2.18. The molecule has 1 N–H and O–H groups in total. The van der Waals surface area contributed by atoms with Crippen LogP contribution in [0.15, 0.2) is 28.8 Å². The molecule has 0 saturated heterocycles. The monoisotopic (exact) mass is 401 g/mol. The van der Waals surface area contributed by atoms with Crippen LogP contribution in [0, 0.1) is 0 Å². The Labute approximate surface area is 174 Å². The molecule has 0 fully saturated rings. The Balaban J connectivity index is 1.69. The molecule has 160 valence electrons. The maximum atomic E-state index is 10.8. The predicted molar refractivity (Wildman–Crippen MR) is 115 cm³/mol. The van der Waals surface area contributed by atoms with Gasteiger partial charge < -0.3 is 14.5 Å². The van der Waals surface area contributed by atoms with Gasteiger partial charge in [-0.15, -0.1) is 0 Å². The largest absolute Gasteiger partial charge is 0.465 e. The number of rotatable bonds is 14. The molecule has 0 atom stereocenters. The van der Waals surface area contributed by atoms with Crippen LogP contribution >= 0.6 is 0 Å². The van der Waals surface area contributed by atoms with E-state index in [9.17, 15) is 4.79 Å². The minimum absolute atomic E-state index is 0.445. The van der Waals surface area contributed by atoms with E-state index in [0.717, 1.165) is 12.0 Å². The van der Waals surface area contributed by atoms with E-state index in [1.54, 1.807) is 7.05 Å². The predicted octanol–water partition coefficient (Wildman–Crippen LogP) is 5.96. The second-order valence-electron chi connectivity index (χ2n) is 7.74. The Hall–Kier alpha value is -2.37. The average Bonchev–Trinajstić information content (AvgIpc) is 3.19. The molecule has 2 rings (SSSR count). The first kappa shape index (κ1) is 22.9. The zero-order valence-corrected chi connectivity index (χ0v) is 17.9. The first-order valence-corrected chi connectivity index (χ1v) is 11.0. The van der Waals surface area contributed by atoms with E-state index >= 15 is 0 Å². The summed E-state index contributed by atoms with van der Waals surface area (Å²) in [5.41, 5.74) is 2.29. The molecule has 0 bridgehead atoms. The summed E-state index contributed by atoms with van der Waals surface area (Å²) in [7, 11) is 1.55. The second kappa shape index (κ2) is 13.0. The number of hydrogen-bond acceptors (Lipinski definition) is 4. The van der Waals surface area contributed by atoms with E-state index in [-0.39, 0.29) is 0 Å². The van der Waals surface area contributed by atoms with Crippen molar-refractivity contribution in [2.24, 2.45) is 0 Å². The molecular weight excluding hydrogens is 366 g/mol. The SMILES string of the molecule is CCCCCCCCCCc1ccc(-c2noc(CCCN(C)C(=O)O)n2)cc1. The van der Waals surface area contributed by atoms with Gasteiger partial charge in [0.2, 0.25) is 11.7 Å². The molecule has 1 amide bonds. The van der Waals surface area contributed by atoms with Crippen LogP contribution < -0.4 is 0 Å². The third-order valence-corrected chi connectivity index (χ3v) is 5.21. The van der Waals surface area contributed by atoms with Crippen molar-refractivity contribution in [3.05, 3.63) is 35.7 Å². The van der Waals surface area contributed by atoms with Crippen molar-refractivity contribution >= 4 is 6.09 Å². The summed E-state index contributed by atoms with van der Waals surface area (Å²) in [6, 6.07) is 8.39. The van der Waals surface area contributed by atoms with Crippen molar-refractivity contribution < 1.29 is 14.4 Å². The summed E-state index contributed by atoms with van der Waals surface area (Å²) < 4.78 is 5.29. The number of hydrogen-bond donors (Lipinski definition) is 1. The van der Waals surface area contributed by atoms with E-state index in [2.05, 4.69) is 29.2 Å². The van der Waals surface area contributed by atoms with Gasteiger partial charge in [0.1, 0.15) is 0 Å². The van der Waals surface area contributed by atoms with Crippen molar-refractivity contribution in [1.29, 1.82) is 0 Å². The van der Waals surface area contributed by atoms with Gasteiger partial charge in [-0.1, -0.05) is 81.3 Å². The Kier molecular flexibility index (Phi) is 10.2. The Morgan fingerprint density at radius 3 is 2.28 bits per heavy atom. The fourth-order valence-corrected chi connectivity index (χ4v) is 3.32. The maximum absolute atomic E-state index is 10.8. The zero-order valence-electron chi connectivity index (χ0n) is 17.9. The number of carboxylic acid groups (broad SMARTS) is 1. The average molecular weight is 402 g/mol. The van der Waals surface area contributed by atoms with E-state index in [1.165, 1.54) is 61.8 Å². The molecule has 1 heterocycles. The van der Waals surface area contributed by atoms with Crippen LogP contribution in [0.1, 0.15) is 76.2 Å². The van der Waals surface area contributed by atoms with Crippen LogP contribution in [0.25, 0.3) is 11.4 Å². The number of benzene rings is 1. The van der Waals surface area contributed by atoms with Crippen molar-refractivity contribution in [3.8, 4) is 11.4 Å². The molecule has 1 aromatic heterocycles. The topological polar surface area (TPSA) is 79.5 Å². The summed E-state index contributed by atoms with van der Waals surface area (Å²) in [5.74, 6) is 1.13. The summed E-state index contributed by atoms with van der Waals surface area (Å²) in [6.07, 6.45) is 12.1. The maximum Gasteiger partial charge on any atom is 0.407 e. The summed E-state index contributed by atoms with van der Waals surface area (Å²) >= 11 is 0. The van der Waals surface area contributed by atoms with Crippen LogP contribution in [-0.4, -0.2) is 39.8 Å². The van der Waals surface area contributed by atoms with E-state index in [1.807, 2.05) is 12.1 Å². The van der Waals surface area contributed by atoms with Gasteiger partial charge in [0.05, 0.1) is 0 Å². The molecule has 29 heavy (non-hydrogen) atoms. The van der Waals surface area contributed by atoms with Crippen molar-refractivity contribution in [3.63, 3.8) is 0 Å². The summed E-state index contributed by atoms with van der Waals surface area (Å²) in [6.45, 7) is 2.70. The van der Waals surface area contributed by atoms with E-state index in [0.29, 0.717) is 31.1 Å². The lowest BCUT2D eigenvalue weighted by molar-refractivity contribution is 0.155. The number of aromatic nitrogens is 2. The molecule has 0 spiro atoms. The quantitative estimate of drug-likeness (QED) is 0.395. The highest BCUT2D eigenvalue weighted by molar-refractivity contribution is 5.64. The minimum Gasteiger partial charge on any atom is -0.465 e. The van der Waals surface area contributed by atoms with E-state index < -0.39 is 6.09 Å². The van der Waals surface area contributed by atoms with Gasteiger partial charge in [0.15, 0.2) is 0 Å². The summed E-state index contributed by atoms with van der Waals surface area (Å²) in [5, 5.41) is 12.9. The standard InChI is InChI=1S/C23H35N3O3/c1-3-4-5-6-7-8-9-10-12-19-14-16-20(17-15-19)22-24-21(29-25-22)13-11-18-26(2)23(27)28/h14-17H,3-13,18H2,1-2H3,(H,27,28). The fraction of sp³-hybridized carbons (Fsp3) is 0.609. The van der Waals surface area contributed by atoms with Gasteiger partial charge in [-0.3, -0.25) is 0 Å². The molecule has 0 unspecified atom stereocenters. The van der Waals surface area contributed by atoms with Gasteiger partial charge in [-0.25, -0.2) is 4.79 Å². The Morgan fingerprint density at radius 2 is 1.62 bits per heavy atom. The number of nitrogens with zero attached hydrogens (tertiary/aromatic N) is 3. The molecular formula is C23H35N3O3. The first-order chi connectivity index (χ1) is 14.1. The van der Waals surface area contributed by atoms with Crippen LogP contribution in [-0.2, 0) is 12.8 Å². The zero-order chi connectivity index (χ0) is 20.9. The smallest absolute Gasteiger partial charge is 0.407 e. The molecule has 1 aromatic carbocycles. The number of aryl methyl sites for hydroxylation is 2. The van der Waals surface area contributed by atoms with Crippen LogP contribution in [0.5, 0.6) is 0 Å². The fourth-order valence-electron chi connectivity index (χ4n) is 3.32. The first-order valence-electron chi connectivity index (χ1n) is 11.0. The normalized spacial score (nSPS) is 11.0. The molecule has 6 nitrogen and oxygen atoms in total. The van der Waals surface area contributed by atoms with Crippen LogP contribution in [0.4, 0.5) is 4.79 Å². The molecule has 0 aliphatic carbocycles. The lowest BCUT2D eigenvalue weighted by Crippen LogP contribution is -2.25. The van der Waals surface area contributed by atoms with Gasteiger partial charge in [0.25, 0.3) is 0 Å². The molecule has 2 aromatic rings. The highest BCUT2D eigenvalue weighted by Gasteiger charge is 2.10. The Morgan fingerprint density at radius 1 is 0.966 bits per heavy atom. The van der Waals surface area contributed by atoms with Gasteiger partial charge in [-0.2, -0.15) is 4.98 Å². The van der Waals surface area contributed by atoms with Gasteiger partial charge in [0, 0.05) is 25.6 Å². The molecule has 0 saturated carbocycles. The van der Waals surface area contributed by atoms with Crippen molar-refractivity contribution in [2.75, 3.05) is 13.6 Å². The lowest BCUT2D eigenvalue weighted by Gasteiger charge is -2.10. The van der Waals surface area contributed by atoms with Crippen molar-refractivity contribution in [2.45, 2.75) is 77.6 Å². The number of unbranched alkanes of at least 4 members (excludes halogenated alkanes) is 7. The van der Waals surface area contributed by atoms with Crippen LogP contribution in [0.2, 0.25) is 0 Å². The molecule has 6 heteroatoms. The van der Waals surface area contributed by atoms with Crippen molar-refractivity contribution in [1.82, 2.24) is 15.0 Å². The van der Waals surface area contributed by atoms with Gasteiger partial charge in [-0.05, 0) is 24.8 Å². The minimum atomic E-state index is -0.928. The summed E-state index contributed by atoms with van der Waals surface area (Å²) in [4.78, 5) is 16.5. The highest BCUT2D eigenvalue weighted by atomic mass is 16.5.